The minimum Gasteiger partial charge on any atom is -0.461 e. The van der Waals surface area contributed by atoms with E-state index in [1.54, 1.807) is 12.3 Å². The normalized spacial score (nSPS) is 11.5. The number of benzene rings is 1. The number of ketones is 1. The second-order valence-corrected chi connectivity index (χ2v) is 4.77. The number of rotatable bonds is 5. The van der Waals surface area contributed by atoms with Crippen molar-refractivity contribution in [2.45, 2.75) is 0 Å². The van der Waals surface area contributed by atoms with Crippen molar-refractivity contribution in [3.05, 3.63) is 64.8 Å². The molecule has 0 aliphatic heterocycles. The van der Waals surface area contributed by atoms with Gasteiger partial charge in [0.25, 0.3) is 0 Å². The van der Waals surface area contributed by atoms with Crippen LogP contribution in [0.4, 0.5) is 10.1 Å². The van der Waals surface area contributed by atoms with Gasteiger partial charge in [0, 0.05) is 5.69 Å². The minimum absolute atomic E-state index is 0.0539. The van der Waals surface area contributed by atoms with Crippen molar-refractivity contribution in [3.63, 3.8) is 0 Å². The summed E-state index contributed by atoms with van der Waals surface area (Å²) >= 11 is 1.22. The molecule has 0 saturated carbocycles. The molecule has 0 spiro atoms. The van der Waals surface area contributed by atoms with Gasteiger partial charge in [-0.1, -0.05) is 0 Å². The molecule has 0 aliphatic rings. The van der Waals surface area contributed by atoms with E-state index in [4.69, 9.17) is 4.42 Å². The summed E-state index contributed by atoms with van der Waals surface area (Å²) in [7, 11) is 0. The fourth-order valence-corrected chi connectivity index (χ4v) is 2.18. The van der Waals surface area contributed by atoms with Crippen molar-refractivity contribution in [3.8, 4) is 6.07 Å². The lowest BCUT2D eigenvalue weighted by Gasteiger charge is -2.10. The molecule has 4 nitrogen and oxygen atoms in total. The van der Waals surface area contributed by atoms with Crippen LogP contribution in [0.25, 0.3) is 0 Å². The highest BCUT2D eigenvalue weighted by Crippen LogP contribution is 2.23. The molecule has 2 aromatic rings. The monoisotopic (exact) mass is 302 g/mol. The summed E-state index contributed by atoms with van der Waals surface area (Å²) in [4.78, 5) is 12.2. The molecule has 1 aromatic heterocycles. The summed E-state index contributed by atoms with van der Waals surface area (Å²) < 4.78 is 17.9. The molecular formula is C15H11FN2O2S. The number of hydrogen-bond acceptors (Lipinski definition) is 5. The van der Waals surface area contributed by atoms with E-state index in [-0.39, 0.29) is 17.2 Å². The molecule has 0 fully saturated rings. The zero-order valence-corrected chi connectivity index (χ0v) is 11.9. The first-order valence-electron chi connectivity index (χ1n) is 5.95. The van der Waals surface area contributed by atoms with Crippen molar-refractivity contribution < 1.29 is 13.6 Å². The standard InChI is InChI=1S/C15H11FN2O2S/c1-21-15(18-11-6-4-10(16)5-7-11)12(9-17)14(19)13-3-2-8-20-13/h2-8,18H,1H3/b15-12-. The fraction of sp³-hybridized carbons (Fsp3) is 0.0667. The Bertz CT molecular complexity index is 700. The zero-order chi connectivity index (χ0) is 15.2. The van der Waals surface area contributed by atoms with Crippen LogP contribution in [0.3, 0.4) is 0 Å². The van der Waals surface area contributed by atoms with Crippen molar-refractivity contribution in [2.75, 3.05) is 11.6 Å². The zero-order valence-electron chi connectivity index (χ0n) is 11.1. The second-order valence-electron chi connectivity index (χ2n) is 3.96. The molecule has 0 bridgehead atoms. The third-order valence-corrected chi connectivity index (χ3v) is 3.33. The quantitative estimate of drug-likeness (QED) is 0.517. The molecule has 6 heteroatoms. The number of hydrogen-bond donors (Lipinski definition) is 1. The molecule has 21 heavy (non-hydrogen) atoms. The van der Waals surface area contributed by atoms with Crippen LogP contribution in [0.5, 0.6) is 0 Å². The molecule has 1 aromatic carbocycles. The van der Waals surface area contributed by atoms with Crippen molar-refractivity contribution in [2.24, 2.45) is 0 Å². The van der Waals surface area contributed by atoms with Crippen molar-refractivity contribution >= 4 is 23.2 Å². The lowest BCUT2D eigenvalue weighted by molar-refractivity contribution is 0.101. The summed E-state index contributed by atoms with van der Waals surface area (Å²) in [6.07, 6.45) is 3.10. The molecule has 0 saturated heterocycles. The van der Waals surface area contributed by atoms with Crippen molar-refractivity contribution in [1.29, 1.82) is 5.26 Å². The number of allylic oxidation sites excluding steroid dienone is 1. The van der Waals surface area contributed by atoms with Crippen LogP contribution in [0.2, 0.25) is 0 Å². The van der Waals surface area contributed by atoms with Gasteiger partial charge < -0.3 is 9.73 Å². The first-order valence-corrected chi connectivity index (χ1v) is 7.17. The van der Waals surface area contributed by atoms with E-state index < -0.39 is 5.78 Å². The van der Waals surface area contributed by atoms with E-state index >= 15 is 0 Å². The van der Waals surface area contributed by atoms with Crippen LogP contribution in [-0.4, -0.2) is 12.0 Å². The van der Waals surface area contributed by atoms with Gasteiger partial charge in [-0.2, -0.15) is 5.26 Å². The Hall–Kier alpha value is -2.52. The van der Waals surface area contributed by atoms with Crippen LogP contribution < -0.4 is 5.32 Å². The Kier molecular flexibility index (Phi) is 4.80. The Labute approximate surface area is 125 Å². The molecular weight excluding hydrogens is 291 g/mol. The van der Waals surface area contributed by atoms with Gasteiger partial charge in [0.2, 0.25) is 5.78 Å². The number of carbonyl (C=O) groups excluding carboxylic acids is 1. The molecule has 2 rings (SSSR count). The van der Waals surface area contributed by atoms with Gasteiger partial charge in [-0.15, -0.1) is 11.8 Å². The number of carbonyl (C=O) groups is 1. The first-order chi connectivity index (χ1) is 10.2. The smallest absolute Gasteiger partial charge is 0.241 e. The Morgan fingerprint density at radius 1 is 1.33 bits per heavy atom. The van der Waals surface area contributed by atoms with Gasteiger partial charge in [-0.3, -0.25) is 4.79 Å². The van der Waals surface area contributed by atoms with Gasteiger partial charge in [0.15, 0.2) is 5.76 Å². The lowest BCUT2D eigenvalue weighted by Crippen LogP contribution is -2.08. The molecule has 0 atom stereocenters. The SMILES string of the molecule is CS/C(Nc1ccc(F)cc1)=C(/C#N)C(=O)c1ccco1. The highest BCUT2D eigenvalue weighted by Gasteiger charge is 2.19. The number of Topliss-reactive ketones (excluding diaryl/α,β-unsaturated/α-hetero) is 1. The average molecular weight is 302 g/mol. The molecule has 106 valence electrons. The van der Waals surface area contributed by atoms with E-state index in [2.05, 4.69) is 5.32 Å². The predicted molar refractivity (Wildman–Crippen MR) is 79.2 cm³/mol. The maximum absolute atomic E-state index is 12.9. The summed E-state index contributed by atoms with van der Waals surface area (Å²) in [5, 5.41) is 12.6. The van der Waals surface area contributed by atoms with E-state index in [0.717, 1.165) is 0 Å². The number of halogens is 1. The maximum atomic E-state index is 12.9. The number of nitriles is 1. The molecule has 1 N–H and O–H groups in total. The van der Waals surface area contributed by atoms with E-state index in [9.17, 15) is 14.4 Å². The van der Waals surface area contributed by atoms with Crippen molar-refractivity contribution in [1.82, 2.24) is 0 Å². The molecule has 0 unspecified atom stereocenters. The molecule has 0 aliphatic carbocycles. The van der Waals surface area contributed by atoms with E-state index in [1.807, 2.05) is 6.07 Å². The van der Waals surface area contributed by atoms with Crippen LogP contribution in [-0.2, 0) is 0 Å². The number of thioether (sulfide) groups is 1. The summed E-state index contributed by atoms with van der Waals surface area (Å²) in [5.74, 6) is -0.761. The number of nitrogens with zero attached hydrogens (tertiary/aromatic N) is 1. The lowest BCUT2D eigenvalue weighted by atomic mass is 10.1. The Morgan fingerprint density at radius 2 is 2.05 bits per heavy atom. The van der Waals surface area contributed by atoms with Crippen LogP contribution in [0.1, 0.15) is 10.6 Å². The number of nitrogens with one attached hydrogen (secondary N) is 1. The van der Waals surface area contributed by atoms with Gasteiger partial charge >= 0.3 is 0 Å². The number of furan rings is 1. The first kappa shape index (κ1) is 14.9. The van der Waals surface area contributed by atoms with Crippen LogP contribution in [0, 0.1) is 17.1 Å². The number of anilines is 1. The summed E-state index contributed by atoms with van der Waals surface area (Å²) in [5.41, 5.74) is 0.530. The topological polar surface area (TPSA) is 66.0 Å². The van der Waals surface area contributed by atoms with Crippen LogP contribution >= 0.6 is 11.8 Å². The fourth-order valence-electron chi connectivity index (χ4n) is 1.62. The second kappa shape index (κ2) is 6.77. The molecule has 0 amide bonds. The third kappa shape index (κ3) is 3.52. The van der Waals surface area contributed by atoms with Gasteiger partial charge in [-0.25, -0.2) is 4.39 Å². The van der Waals surface area contributed by atoms with Gasteiger partial charge in [0.05, 0.1) is 11.3 Å². The largest absolute Gasteiger partial charge is 0.461 e. The minimum atomic E-state index is -0.499. The molecule has 0 radical (unpaired) electrons. The third-order valence-electron chi connectivity index (χ3n) is 2.62. The summed E-state index contributed by atoms with van der Waals surface area (Å²) in [6.45, 7) is 0. The van der Waals surface area contributed by atoms with Gasteiger partial charge in [-0.05, 0) is 42.7 Å². The maximum Gasteiger partial charge on any atom is 0.241 e. The average Bonchev–Trinajstić information content (AvgIpc) is 3.03. The Morgan fingerprint density at radius 3 is 2.57 bits per heavy atom. The van der Waals surface area contributed by atoms with Crippen LogP contribution in [0.15, 0.2) is 57.7 Å². The predicted octanol–water partition coefficient (Wildman–Crippen LogP) is 3.81. The van der Waals surface area contributed by atoms with Gasteiger partial charge in [0.1, 0.15) is 17.5 Å². The highest BCUT2D eigenvalue weighted by molar-refractivity contribution is 8.02. The van der Waals surface area contributed by atoms with E-state index in [0.29, 0.717) is 10.7 Å². The molecule has 1 heterocycles. The van der Waals surface area contributed by atoms with E-state index in [1.165, 1.54) is 48.4 Å². The highest BCUT2D eigenvalue weighted by atomic mass is 32.2. The summed E-state index contributed by atoms with van der Waals surface area (Å²) in [6, 6.07) is 10.6. The Balaban J connectivity index is 2.33.